The number of hydrogen-bond donors (Lipinski definition) is 1. The standard InChI is InChI=1S/C17H29N3/c1-4-7-15-9-12-20(13-15)17-16(8-6-11-19-17)14(3)18-10-5-2/h6,8,11,14-15,18H,4-5,7,9-10,12-13H2,1-3H3. The second-order valence-corrected chi connectivity index (χ2v) is 5.98. The molecule has 0 amide bonds. The number of nitrogens with zero attached hydrogens (tertiary/aromatic N) is 2. The van der Waals surface area contributed by atoms with Crippen molar-refractivity contribution in [1.29, 1.82) is 0 Å². The molecule has 1 aromatic heterocycles. The van der Waals surface area contributed by atoms with E-state index in [0.29, 0.717) is 6.04 Å². The van der Waals surface area contributed by atoms with Gasteiger partial charge in [0, 0.05) is 30.9 Å². The van der Waals surface area contributed by atoms with Gasteiger partial charge < -0.3 is 10.2 Å². The van der Waals surface area contributed by atoms with Crippen molar-refractivity contribution < 1.29 is 0 Å². The van der Waals surface area contributed by atoms with E-state index in [1.165, 1.54) is 43.6 Å². The first-order valence-corrected chi connectivity index (χ1v) is 8.19. The van der Waals surface area contributed by atoms with E-state index in [0.717, 1.165) is 19.0 Å². The molecule has 3 heteroatoms. The smallest absolute Gasteiger partial charge is 0.133 e. The lowest BCUT2D eigenvalue weighted by Crippen LogP contribution is -2.26. The van der Waals surface area contributed by atoms with Crippen molar-refractivity contribution in [1.82, 2.24) is 10.3 Å². The summed E-state index contributed by atoms with van der Waals surface area (Å²) in [4.78, 5) is 7.16. The van der Waals surface area contributed by atoms with Crippen LogP contribution in [-0.2, 0) is 0 Å². The number of nitrogens with one attached hydrogen (secondary N) is 1. The Kier molecular flexibility index (Phi) is 5.84. The molecule has 1 fully saturated rings. The van der Waals surface area contributed by atoms with Crippen molar-refractivity contribution in [2.75, 3.05) is 24.5 Å². The van der Waals surface area contributed by atoms with Crippen LogP contribution in [0.3, 0.4) is 0 Å². The lowest BCUT2D eigenvalue weighted by molar-refractivity contribution is 0.528. The van der Waals surface area contributed by atoms with Crippen molar-refractivity contribution in [3.05, 3.63) is 23.9 Å². The summed E-state index contributed by atoms with van der Waals surface area (Å²) in [5.41, 5.74) is 1.35. The van der Waals surface area contributed by atoms with Gasteiger partial charge in [0.25, 0.3) is 0 Å². The van der Waals surface area contributed by atoms with Crippen molar-refractivity contribution in [2.24, 2.45) is 5.92 Å². The molecule has 0 aliphatic carbocycles. The highest BCUT2D eigenvalue weighted by molar-refractivity contribution is 5.49. The van der Waals surface area contributed by atoms with Crippen LogP contribution in [0.5, 0.6) is 0 Å². The van der Waals surface area contributed by atoms with Crippen LogP contribution in [0.2, 0.25) is 0 Å². The molecule has 3 nitrogen and oxygen atoms in total. The van der Waals surface area contributed by atoms with Gasteiger partial charge in [-0.1, -0.05) is 26.3 Å². The zero-order valence-corrected chi connectivity index (χ0v) is 13.2. The minimum atomic E-state index is 0.379. The molecule has 2 rings (SSSR count). The molecule has 20 heavy (non-hydrogen) atoms. The predicted octanol–water partition coefficient (Wildman–Crippen LogP) is 3.77. The fourth-order valence-electron chi connectivity index (χ4n) is 3.15. The van der Waals surface area contributed by atoms with Crippen molar-refractivity contribution >= 4 is 5.82 Å². The Bertz CT molecular complexity index is 405. The zero-order chi connectivity index (χ0) is 14.4. The lowest BCUT2D eigenvalue weighted by atomic mass is 10.0. The van der Waals surface area contributed by atoms with Gasteiger partial charge in [0.05, 0.1) is 0 Å². The highest BCUT2D eigenvalue weighted by Gasteiger charge is 2.25. The van der Waals surface area contributed by atoms with Crippen LogP contribution >= 0.6 is 0 Å². The molecule has 1 aromatic rings. The molecule has 1 N–H and O–H groups in total. The third-order valence-electron chi connectivity index (χ3n) is 4.27. The molecular formula is C17H29N3. The van der Waals surface area contributed by atoms with Crippen LogP contribution in [-0.4, -0.2) is 24.6 Å². The lowest BCUT2D eigenvalue weighted by Gasteiger charge is -2.24. The van der Waals surface area contributed by atoms with Crippen LogP contribution < -0.4 is 10.2 Å². The van der Waals surface area contributed by atoms with E-state index in [9.17, 15) is 0 Å². The van der Waals surface area contributed by atoms with E-state index in [4.69, 9.17) is 0 Å². The second kappa shape index (κ2) is 7.63. The highest BCUT2D eigenvalue weighted by atomic mass is 15.2. The van der Waals surface area contributed by atoms with Crippen molar-refractivity contribution in [3.8, 4) is 0 Å². The van der Waals surface area contributed by atoms with Crippen LogP contribution in [0.4, 0.5) is 5.82 Å². The van der Waals surface area contributed by atoms with E-state index in [-0.39, 0.29) is 0 Å². The molecule has 2 unspecified atom stereocenters. The number of hydrogen-bond acceptors (Lipinski definition) is 3. The summed E-state index contributed by atoms with van der Waals surface area (Å²) in [6.45, 7) is 10.1. The van der Waals surface area contributed by atoms with Gasteiger partial charge in [0.1, 0.15) is 5.82 Å². The van der Waals surface area contributed by atoms with E-state index in [1.54, 1.807) is 0 Å². The Balaban J connectivity index is 2.08. The third kappa shape index (κ3) is 3.72. The average molecular weight is 275 g/mol. The van der Waals surface area contributed by atoms with Gasteiger partial charge in [0.15, 0.2) is 0 Å². The summed E-state index contributed by atoms with van der Waals surface area (Å²) in [6.07, 6.45) is 7.06. The molecule has 1 aliphatic rings. The fraction of sp³-hybridized carbons (Fsp3) is 0.706. The van der Waals surface area contributed by atoms with Crippen LogP contribution in [0.1, 0.15) is 58.1 Å². The summed E-state index contributed by atoms with van der Waals surface area (Å²) in [5.74, 6) is 2.05. The molecular weight excluding hydrogens is 246 g/mol. The summed E-state index contributed by atoms with van der Waals surface area (Å²) in [5, 5.41) is 3.58. The zero-order valence-electron chi connectivity index (χ0n) is 13.2. The molecule has 0 bridgehead atoms. The largest absolute Gasteiger partial charge is 0.356 e. The predicted molar refractivity (Wildman–Crippen MR) is 86.2 cm³/mol. The van der Waals surface area contributed by atoms with Crippen LogP contribution in [0.25, 0.3) is 0 Å². The number of rotatable bonds is 7. The Morgan fingerprint density at radius 1 is 1.40 bits per heavy atom. The Morgan fingerprint density at radius 2 is 2.25 bits per heavy atom. The van der Waals surface area contributed by atoms with Gasteiger partial charge in [-0.3, -0.25) is 0 Å². The van der Waals surface area contributed by atoms with Gasteiger partial charge in [-0.25, -0.2) is 4.98 Å². The Labute approximate surface area is 123 Å². The van der Waals surface area contributed by atoms with Gasteiger partial charge >= 0.3 is 0 Å². The molecule has 0 aromatic carbocycles. The number of aromatic nitrogens is 1. The van der Waals surface area contributed by atoms with Crippen molar-refractivity contribution in [2.45, 2.75) is 52.5 Å². The first-order valence-electron chi connectivity index (χ1n) is 8.19. The number of anilines is 1. The Morgan fingerprint density at radius 3 is 3.00 bits per heavy atom. The van der Waals surface area contributed by atoms with E-state index in [1.807, 2.05) is 6.20 Å². The second-order valence-electron chi connectivity index (χ2n) is 5.98. The normalized spacial score (nSPS) is 20.4. The molecule has 2 atom stereocenters. The first kappa shape index (κ1) is 15.3. The van der Waals surface area contributed by atoms with Gasteiger partial charge in [0.2, 0.25) is 0 Å². The van der Waals surface area contributed by atoms with Crippen molar-refractivity contribution in [3.63, 3.8) is 0 Å². The van der Waals surface area contributed by atoms with E-state index >= 15 is 0 Å². The third-order valence-corrected chi connectivity index (χ3v) is 4.27. The average Bonchev–Trinajstić information content (AvgIpc) is 2.93. The maximum Gasteiger partial charge on any atom is 0.133 e. The molecule has 2 heterocycles. The summed E-state index contributed by atoms with van der Waals surface area (Å²) >= 11 is 0. The van der Waals surface area contributed by atoms with Crippen LogP contribution in [0, 0.1) is 5.92 Å². The monoisotopic (exact) mass is 275 g/mol. The summed E-state index contributed by atoms with van der Waals surface area (Å²) in [7, 11) is 0. The highest BCUT2D eigenvalue weighted by Crippen LogP contribution is 2.30. The van der Waals surface area contributed by atoms with Gasteiger partial charge in [-0.05, 0) is 44.7 Å². The molecule has 0 radical (unpaired) electrons. The maximum atomic E-state index is 4.67. The molecule has 112 valence electrons. The topological polar surface area (TPSA) is 28.2 Å². The minimum absolute atomic E-state index is 0.379. The van der Waals surface area contributed by atoms with Crippen LogP contribution in [0.15, 0.2) is 18.3 Å². The maximum absolute atomic E-state index is 4.67. The molecule has 0 saturated carbocycles. The van der Waals surface area contributed by atoms with Gasteiger partial charge in [-0.15, -0.1) is 0 Å². The summed E-state index contributed by atoms with van der Waals surface area (Å²) in [6, 6.07) is 4.66. The molecule has 0 spiro atoms. The minimum Gasteiger partial charge on any atom is -0.356 e. The molecule has 1 aliphatic heterocycles. The fourth-order valence-corrected chi connectivity index (χ4v) is 3.15. The Hall–Kier alpha value is -1.09. The molecule has 1 saturated heterocycles. The van der Waals surface area contributed by atoms with E-state index in [2.05, 4.69) is 48.1 Å². The quantitative estimate of drug-likeness (QED) is 0.821. The van der Waals surface area contributed by atoms with E-state index < -0.39 is 0 Å². The summed E-state index contributed by atoms with van der Waals surface area (Å²) < 4.78 is 0. The number of pyridine rings is 1. The van der Waals surface area contributed by atoms with Gasteiger partial charge in [-0.2, -0.15) is 0 Å². The first-order chi connectivity index (χ1) is 9.76. The SMILES string of the molecule is CCCNC(C)c1cccnc1N1CCC(CCC)C1.